The van der Waals surface area contributed by atoms with E-state index in [1.807, 2.05) is 30.3 Å². The highest BCUT2D eigenvalue weighted by atomic mass is 16.5. The van der Waals surface area contributed by atoms with Gasteiger partial charge in [0.2, 0.25) is 5.91 Å². The summed E-state index contributed by atoms with van der Waals surface area (Å²) in [5.41, 5.74) is 7.02. The molecule has 0 radical (unpaired) electrons. The highest BCUT2D eigenvalue weighted by molar-refractivity contribution is 6.06. The summed E-state index contributed by atoms with van der Waals surface area (Å²) in [6.45, 7) is 2.92. The van der Waals surface area contributed by atoms with E-state index in [1.165, 1.54) is 53.1 Å². The first-order valence-electron chi connectivity index (χ1n) is 17.9. The molecule has 2 aliphatic carbocycles. The minimum absolute atomic E-state index is 0.217. The van der Waals surface area contributed by atoms with Crippen LogP contribution < -0.4 is 10.6 Å². The number of nitrogens with zero attached hydrogens (tertiary/aromatic N) is 1. The van der Waals surface area contributed by atoms with Gasteiger partial charge in [-0.1, -0.05) is 50.3 Å². The maximum Gasteiger partial charge on any atom is 0.330 e. The SMILES string of the molecule is CCOC(=O)C=Cc1ccc(NC(=O)C2(NC(=O)c3ccc4c(C5CCCCC5)c5n(c4c3)CCCc3cc(O)ccc3-5)CCCC2)cc1. The smallest absolute Gasteiger partial charge is 0.330 e. The number of nitrogens with one attached hydrogen (secondary N) is 2. The van der Waals surface area contributed by atoms with Crippen LogP contribution in [-0.2, 0) is 27.3 Å². The minimum atomic E-state index is -1.00. The molecule has 2 saturated carbocycles. The van der Waals surface area contributed by atoms with E-state index in [1.54, 1.807) is 31.2 Å². The van der Waals surface area contributed by atoms with E-state index in [-0.39, 0.29) is 11.8 Å². The van der Waals surface area contributed by atoms with Crippen LogP contribution in [0.15, 0.2) is 66.7 Å². The van der Waals surface area contributed by atoms with Gasteiger partial charge in [0.25, 0.3) is 5.91 Å². The zero-order valence-electron chi connectivity index (χ0n) is 28.2. The first-order valence-corrected chi connectivity index (χ1v) is 17.9. The van der Waals surface area contributed by atoms with Crippen molar-refractivity contribution in [1.82, 2.24) is 9.88 Å². The van der Waals surface area contributed by atoms with Gasteiger partial charge in [0.1, 0.15) is 11.3 Å². The van der Waals surface area contributed by atoms with Gasteiger partial charge in [0.05, 0.1) is 12.3 Å². The van der Waals surface area contributed by atoms with Gasteiger partial charge in [-0.3, -0.25) is 9.59 Å². The summed E-state index contributed by atoms with van der Waals surface area (Å²) in [5.74, 6) is -0.106. The van der Waals surface area contributed by atoms with Gasteiger partial charge in [0, 0.05) is 40.3 Å². The number of carbonyl (C=O) groups is 3. The monoisotopic (exact) mass is 659 g/mol. The third-order valence-corrected chi connectivity index (χ3v) is 10.7. The lowest BCUT2D eigenvalue weighted by Gasteiger charge is -2.29. The fraction of sp³-hybridized carbons (Fsp3) is 0.390. The van der Waals surface area contributed by atoms with Crippen molar-refractivity contribution in [2.24, 2.45) is 0 Å². The van der Waals surface area contributed by atoms with Gasteiger partial charge >= 0.3 is 5.97 Å². The molecule has 1 aliphatic heterocycles. The highest BCUT2D eigenvalue weighted by Gasteiger charge is 2.43. The van der Waals surface area contributed by atoms with Crippen molar-refractivity contribution in [2.75, 3.05) is 11.9 Å². The molecule has 254 valence electrons. The van der Waals surface area contributed by atoms with Crippen molar-refractivity contribution in [3.8, 4) is 17.0 Å². The molecule has 4 aromatic rings. The summed E-state index contributed by atoms with van der Waals surface area (Å²) < 4.78 is 7.34. The number of hydrogen-bond donors (Lipinski definition) is 3. The summed E-state index contributed by atoms with van der Waals surface area (Å²) in [7, 11) is 0. The molecular weight excluding hydrogens is 614 g/mol. The van der Waals surface area contributed by atoms with E-state index >= 15 is 0 Å². The van der Waals surface area contributed by atoms with Gasteiger partial charge in [0.15, 0.2) is 0 Å². The number of phenols is 1. The molecule has 7 rings (SSSR count). The van der Waals surface area contributed by atoms with Crippen molar-refractivity contribution < 1.29 is 24.2 Å². The minimum Gasteiger partial charge on any atom is -0.508 e. The third kappa shape index (κ3) is 6.61. The van der Waals surface area contributed by atoms with E-state index in [2.05, 4.69) is 27.3 Å². The van der Waals surface area contributed by atoms with Crippen molar-refractivity contribution in [1.29, 1.82) is 0 Å². The van der Waals surface area contributed by atoms with E-state index in [0.29, 0.717) is 42.4 Å². The number of fused-ring (bicyclic) bond motifs is 5. The number of benzene rings is 3. The predicted molar refractivity (Wildman–Crippen MR) is 193 cm³/mol. The van der Waals surface area contributed by atoms with E-state index < -0.39 is 11.5 Å². The van der Waals surface area contributed by atoms with Gasteiger partial charge < -0.3 is 25.0 Å². The quantitative estimate of drug-likeness (QED) is 0.130. The molecule has 3 aromatic carbocycles. The van der Waals surface area contributed by atoms with Gasteiger partial charge in [-0.2, -0.15) is 0 Å². The van der Waals surface area contributed by atoms with Crippen LogP contribution in [0.3, 0.4) is 0 Å². The second kappa shape index (κ2) is 13.9. The Morgan fingerprint density at radius 2 is 1.71 bits per heavy atom. The number of amides is 2. The normalized spacial score (nSPS) is 17.3. The molecule has 8 nitrogen and oxygen atoms in total. The summed E-state index contributed by atoms with van der Waals surface area (Å²) in [6.07, 6.45) is 13.8. The Hall–Kier alpha value is -4.85. The predicted octanol–water partition coefficient (Wildman–Crippen LogP) is 8.27. The van der Waals surface area contributed by atoms with Crippen LogP contribution in [0.4, 0.5) is 5.69 Å². The molecule has 3 N–H and O–H groups in total. The highest BCUT2D eigenvalue weighted by Crippen LogP contribution is 2.46. The number of aromatic nitrogens is 1. The zero-order valence-corrected chi connectivity index (χ0v) is 28.2. The van der Waals surface area contributed by atoms with Gasteiger partial charge in [-0.05, 0) is 117 Å². The average Bonchev–Trinajstić information content (AvgIpc) is 3.66. The number of anilines is 1. The van der Waals surface area contributed by atoms with Crippen LogP contribution in [0.2, 0.25) is 0 Å². The summed E-state index contributed by atoms with van der Waals surface area (Å²) >= 11 is 0. The molecule has 2 heterocycles. The Balaban J connectivity index is 1.17. The number of aryl methyl sites for hydroxylation is 2. The number of carbonyl (C=O) groups excluding carboxylic acids is 3. The van der Waals surface area contributed by atoms with Crippen LogP contribution in [-0.4, -0.2) is 39.6 Å². The molecule has 2 amide bonds. The summed E-state index contributed by atoms with van der Waals surface area (Å²) in [4.78, 5) is 39.5. The molecule has 49 heavy (non-hydrogen) atoms. The Morgan fingerprint density at radius 3 is 2.47 bits per heavy atom. The fourth-order valence-corrected chi connectivity index (χ4v) is 8.25. The lowest BCUT2D eigenvalue weighted by atomic mass is 9.81. The maximum absolute atomic E-state index is 14.0. The van der Waals surface area contributed by atoms with Crippen LogP contribution in [0.25, 0.3) is 28.2 Å². The van der Waals surface area contributed by atoms with Crippen LogP contribution in [0.1, 0.15) is 104 Å². The topological polar surface area (TPSA) is 110 Å². The zero-order chi connectivity index (χ0) is 34.0. The van der Waals surface area contributed by atoms with Crippen molar-refractivity contribution in [2.45, 2.75) is 95.6 Å². The summed E-state index contributed by atoms with van der Waals surface area (Å²) in [6, 6.07) is 19.1. The van der Waals surface area contributed by atoms with Crippen molar-refractivity contribution >= 4 is 40.4 Å². The number of phenolic OH excluding ortho intramolecular Hbond substituents is 1. The molecule has 1 aromatic heterocycles. The Kier molecular flexibility index (Phi) is 9.30. The Labute approximate surface area is 287 Å². The lowest BCUT2D eigenvalue weighted by Crippen LogP contribution is -2.55. The standard InChI is InChI=1S/C41H45N3O5/c1-2-49-36(46)21-14-27-12-16-31(17-13-27)42-40(48)41(22-6-7-23-41)43-39(47)30-15-19-34-35(26-30)44-24-8-11-29-25-32(45)18-20-33(29)38(44)37(34)28-9-4-3-5-10-28/h12-21,25-26,28,45H,2-11,22-24H2,1H3,(H,42,48)(H,43,47). The number of hydrogen-bond acceptors (Lipinski definition) is 5. The third-order valence-electron chi connectivity index (χ3n) is 10.7. The molecule has 0 unspecified atom stereocenters. The summed E-state index contributed by atoms with van der Waals surface area (Å²) in [5, 5.41) is 17.7. The van der Waals surface area contributed by atoms with Crippen molar-refractivity contribution in [3.63, 3.8) is 0 Å². The number of rotatable bonds is 8. The molecule has 0 bridgehead atoms. The fourth-order valence-electron chi connectivity index (χ4n) is 8.25. The lowest BCUT2D eigenvalue weighted by molar-refractivity contribution is -0.137. The van der Waals surface area contributed by atoms with Gasteiger partial charge in [-0.15, -0.1) is 0 Å². The maximum atomic E-state index is 14.0. The van der Waals surface area contributed by atoms with Crippen LogP contribution in [0, 0.1) is 0 Å². The van der Waals surface area contributed by atoms with E-state index in [4.69, 9.17) is 4.74 Å². The van der Waals surface area contributed by atoms with Crippen molar-refractivity contribution in [3.05, 3.63) is 89.0 Å². The first kappa shape index (κ1) is 32.7. The van der Waals surface area contributed by atoms with Gasteiger partial charge in [-0.25, -0.2) is 4.79 Å². The molecule has 8 heteroatoms. The largest absolute Gasteiger partial charge is 0.508 e. The molecule has 0 spiro atoms. The second-order valence-corrected chi connectivity index (χ2v) is 13.8. The molecular formula is C41H45N3O5. The molecule has 3 aliphatic rings. The van der Waals surface area contributed by atoms with E-state index in [9.17, 15) is 19.5 Å². The second-order valence-electron chi connectivity index (χ2n) is 13.8. The van der Waals surface area contributed by atoms with E-state index in [0.717, 1.165) is 56.1 Å². The number of ether oxygens (including phenoxy) is 1. The number of esters is 1. The molecule has 0 saturated heterocycles. The Morgan fingerprint density at radius 1 is 0.939 bits per heavy atom. The molecule has 2 fully saturated rings. The average molecular weight is 660 g/mol. The number of aromatic hydroxyl groups is 1. The molecule has 0 atom stereocenters. The van der Waals surface area contributed by atoms with Crippen LogP contribution >= 0.6 is 0 Å². The first-order chi connectivity index (χ1) is 23.8. The van der Waals surface area contributed by atoms with Crippen LogP contribution in [0.5, 0.6) is 5.75 Å². The Bertz CT molecular complexity index is 1910.